The summed E-state index contributed by atoms with van der Waals surface area (Å²) in [6.45, 7) is 3.78. The number of para-hydroxylation sites is 1. The van der Waals surface area contributed by atoms with Crippen LogP contribution < -0.4 is 4.90 Å². The molecule has 1 unspecified atom stereocenters. The van der Waals surface area contributed by atoms with Crippen molar-refractivity contribution in [1.82, 2.24) is 4.98 Å². The molecule has 0 radical (unpaired) electrons. The van der Waals surface area contributed by atoms with Gasteiger partial charge in [-0.05, 0) is 35.6 Å². The monoisotopic (exact) mass is 414 g/mol. The minimum Gasteiger partial charge on any atom is -0.294 e. The summed E-state index contributed by atoms with van der Waals surface area (Å²) in [6, 6.07) is 8.55. The van der Waals surface area contributed by atoms with Gasteiger partial charge in [-0.1, -0.05) is 32.0 Å². The lowest BCUT2D eigenvalue weighted by Crippen LogP contribution is -2.44. The second-order valence-corrected chi connectivity index (χ2v) is 8.59. The third-order valence-corrected chi connectivity index (χ3v) is 5.68. The fourth-order valence-electron chi connectivity index (χ4n) is 4.47. The SMILES string of the molecule is CC1(C)CC(=O)C2=C(C1)N(c1ccccc1C(F)(F)F)C(=O)CC2c1cccnc1. The highest BCUT2D eigenvalue weighted by Gasteiger charge is 2.46. The number of carbonyl (C=O) groups is 2. The lowest BCUT2D eigenvalue weighted by atomic mass is 9.69. The molecule has 2 aromatic rings. The highest BCUT2D eigenvalue weighted by Crippen LogP contribution is 2.49. The van der Waals surface area contributed by atoms with Gasteiger partial charge >= 0.3 is 6.18 Å². The van der Waals surface area contributed by atoms with Gasteiger partial charge in [0.05, 0.1) is 11.3 Å². The van der Waals surface area contributed by atoms with Gasteiger partial charge in [0.1, 0.15) is 0 Å². The molecule has 156 valence electrons. The number of halogens is 3. The number of Topliss-reactive ketones (excluding diaryl/α,β-unsaturated/α-hetero) is 1. The van der Waals surface area contributed by atoms with E-state index < -0.39 is 29.0 Å². The van der Waals surface area contributed by atoms with Crippen LogP contribution in [-0.2, 0) is 15.8 Å². The molecule has 0 N–H and O–H groups in total. The topological polar surface area (TPSA) is 50.3 Å². The van der Waals surface area contributed by atoms with E-state index in [1.165, 1.54) is 18.2 Å². The van der Waals surface area contributed by atoms with Crippen LogP contribution in [-0.4, -0.2) is 16.7 Å². The van der Waals surface area contributed by atoms with Crippen molar-refractivity contribution in [2.75, 3.05) is 4.90 Å². The molecule has 1 aromatic carbocycles. The maximum absolute atomic E-state index is 13.7. The van der Waals surface area contributed by atoms with Gasteiger partial charge in [-0.15, -0.1) is 0 Å². The lowest BCUT2D eigenvalue weighted by molar-refractivity contribution is -0.137. The summed E-state index contributed by atoms with van der Waals surface area (Å²) in [5.74, 6) is -1.08. The minimum absolute atomic E-state index is 0.0805. The quantitative estimate of drug-likeness (QED) is 0.673. The number of rotatable bonds is 2. The molecule has 0 spiro atoms. The molecule has 0 bridgehead atoms. The molecular formula is C23H21F3N2O2. The minimum atomic E-state index is -4.62. The Kier molecular flexibility index (Phi) is 4.79. The van der Waals surface area contributed by atoms with Gasteiger partial charge < -0.3 is 0 Å². The van der Waals surface area contributed by atoms with E-state index in [1.54, 1.807) is 24.5 Å². The first-order valence-electron chi connectivity index (χ1n) is 9.74. The average molecular weight is 414 g/mol. The average Bonchev–Trinajstić information content (AvgIpc) is 2.66. The van der Waals surface area contributed by atoms with E-state index >= 15 is 0 Å². The van der Waals surface area contributed by atoms with Crippen molar-refractivity contribution in [3.63, 3.8) is 0 Å². The van der Waals surface area contributed by atoms with Gasteiger partial charge in [-0.2, -0.15) is 13.2 Å². The largest absolute Gasteiger partial charge is 0.418 e. The van der Waals surface area contributed by atoms with Gasteiger partial charge in [0.15, 0.2) is 5.78 Å². The van der Waals surface area contributed by atoms with Crippen LogP contribution in [0.2, 0.25) is 0 Å². The van der Waals surface area contributed by atoms with Gasteiger partial charge in [0.25, 0.3) is 0 Å². The van der Waals surface area contributed by atoms with Crippen LogP contribution in [0.15, 0.2) is 60.1 Å². The van der Waals surface area contributed by atoms with Gasteiger partial charge in [0, 0.05) is 42.4 Å². The zero-order valence-corrected chi connectivity index (χ0v) is 16.7. The molecule has 1 aliphatic carbocycles. The first-order chi connectivity index (χ1) is 14.1. The molecule has 1 atom stereocenters. The van der Waals surface area contributed by atoms with Crippen molar-refractivity contribution in [3.05, 3.63) is 71.2 Å². The van der Waals surface area contributed by atoms with Crippen molar-refractivity contribution < 1.29 is 22.8 Å². The third kappa shape index (κ3) is 3.53. The smallest absolute Gasteiger partial charge is 0.294 e. The predicted octanol–water partition coefficient (Wildman–Crippen LogP) is 5.26. The molecule has 4 rings (SSSR count). The molecule has 0 saturated carbocycles. The van der Waals surface area contributed by atoms with E-state index in [0.717, 1.165) is 16.5 Å². The predicted molar refractivity (Wildman–Crippen MR) is 106 cm³/mol. The number of ketones is 1. The number of nitrogens with zero attached hydrogens (tertiary/aromatic N) is 2. The third-order valence-electron chi connectivity index (χ3n) is 5.68. The molecule has 1 amide bonds. The Hall–Kier alpha value is -2.96. The van der Waals surface area contributed by atoms with Gasteiger partial charge in [-0.25, -0.2) is 0 Å². The lowest BCUT2D eigenvalue weighted by Gasteiger charge is -2.43. The maximum atomic E-state index is 13.7. The molecule has 0 fully saturated rings. The number of benzene rings is 1. The van der Waals surface area contributed by atoms with Crippen LogP contribution in [0.5, 0.6) is 0 Å². The van der Waals surface area contributed by atoms with Crippen molar-refractivity contribution in [2.45, 2.75) is 45.2 Å². The summed E-state index contributed by atoms with van der Waals surface area (Å²) >= 11 is 0. The number of anilines is 1. The van der Waals surface area contributed by atoms with E-state index in [-0.39, 0.29) is 24.3 Å². The second kappa shape index (κ2) is 7.07. The van der Waals surface area contributed by atoms with Crippen LogP contribution in [0, 0.1) is 5.41 Å². The molecular weight excluding hydrogens is 393 g/mol. The molecule has 1 aliphatic heterocycles. The van der Waals surface area contributed by atoms with Crippen LogP contribution >= 0.6 is 0 Å². The highest BCUT2D eigenvalue weighted by atomic mass is 19.4. The summed E-state index contributed by atoms with van der Waals surface area (Å²) in [5.41, 5.74) is -0.0519. The molecule has 1 aromatic heterocycles. The first-order valence-corrected chi connectivity index (χ1v) is 9.74. The highest BCUT2D eigenvalue weighted by molar-refractivity contribution is 6.08. The zero-order chi connectivity index (χ0) is 21.7. The normalized spacial score (nSPS) is 21.6. The molecule has 30 heavy (non-hydrogen) atoms. The van der Waals surface area contributed by atoms with E-state index in [9.17, 15) is 22.8 Å². The van der Waals surface area contributed by atoms with Crippen LogP contribution in [0.3, 0.4) is 0 Å². The van der Waals surface area contributed by atoms with Gasteiger partial charge in [-0.3, -0.25) is 19.5 Å². The van der Waals surface area contributed by atoms with Gasteiger partial charge in [0.2, 0.25) is 5.91 Å². The number of alkyl halides is 3. The Morgan fingerprint density at radius 3 is 2.47 bits per heavy atom. The molecule has 4 nitrogen and oxygen atoms in total. The van der Waals surface area contributed by atoms with Crippen molar-refractivity contribution in [2.24, 2.45) is 5.41 Å². The van der Waals surface area contributed by atoms with E-state index in [2.05, 4.69) is 4.98 Å². The Balaban J connectivity index is 1.95. The standard InChI is InChI=1S/C23H21F3N2O2/c1-22(2)11-18-21(19(29)12-22)15(14-6-5-9-27-13-14)10-20(30)28(18)17-8-4-3-7-16(17)23(24,25)26/h3-9,13,15H,10-12H2,1-2H3. The van der Waals surface area contributed by atoms with Crippen LogP contribution in [0.25, 0.3) is 0 Å². The van der Waals surface area contributed by atoms with E-state index in [4.69, 9.17) is 0 Å². The fourth-order valence-corrected chi connectivity index (χ4v) is 4.47. The number of amides is 1. The summed E-state index contributed by atoms with van der Waals surface area (Å²) in [6.07, 6.45) is -0.876. The van der Waals surface area contributed by atoms with Crippen LogP contribution in [0.1, 0.15) is 50.2 Å². The molecule has 2 heterocycles. The Bertz CT molecular complexity index is 1040. The summed E-state index contributed by atoms with van der Waals surface area (Å²) < 4.78 is 41.1. The Morgan fingerprint density at radius 1 is 1.07 bits per heavy atom. The number of carbonyl (C=O) groups excluding carboxylic acids is 2. The fraction of sp³-hybridized carbons (Fsp3) is 0.348. The van der Waals surface area contributed by atoms with Crippen molar-refractivity contribution in [3.8, 4) is 0 Å². The molecule has 7 heteroatoms. The van der Waals surface area contributed by atoms with Crippen LogP contribution in [0.4, 0.5) is 18.9 Å². The Morgan fingerprint density at radius 2 is 1.80 bits per heavy atom. The number of pyridine rings is 1. The first kappa shape index (κ1) is 20.3. The molecule has 0 saturated heterocycles. The summed E-state index contributed by atoms with van der Waals surface area (Å²) in [5, 5.41) is 0. The second-order valence-electron chi connectivity index (χ2n) is 8.59. The number of allylic oxidation sites excluding steroid dienone is 2. The number of aromatic nitrogens is 1. The number of hydrogen-bond acceptors (Lipinski definition) is 3. The van der Waals surface area contributed by atoms with Crippen molar-refractivity contribution >= 4 is 17.4 Å². The summed E-state index contributed by atoms with van der Waals surface area (Å²) in [4.78, 5) is 31.6. The molecule has 2 aliphatic rings. The summed E-state index contributed by atoms with van der Waals surface area (Å²) in [7, 11) is 0. The van der Waals surface area contributed by atoms with Crippen molar-refractivity contribution in [1.29, 1.82) is 0 Å². The Labute approximate surface area is 172 Å². The number of hydrogen-bond donors (Lipinski definition) is 0. The maximum Gasteiger partial charge on any atom is 0.418 e. The zero-order valence-electron chi connectivity index (χ0n) is 16.7. The van der Waals surface area contributed by atoms with E-state index in [1.807, 2.05) is 13.8 Å². The van der Waals surface area contributed by atoms with E-state index in [0.29, 0.717) is 17.7 Å².